The van der Waals surface area contributed by atoms with Crippen LogP contribution in [0.3, 0.4) is 0 Å². The van der Waals surface area contributed by atoms with Gasteiger partial charge in [0, 0.05) is 19.1 Å². The molecule has 2 aliphatic rings. The average molecular weight is 286 g/mol. The second-order valence-corrected chi connectivity index (χ2v) is 6.15. The highest BCUT2D eigenvalue weighted by molar-refractivity contribution is 5.90. The fourth-order valence-corrected chi connectivity index (χ4v) is 3.46. The summed E-state index contributed by atoms with van der Waals surface area (Å²) in [4.78, 5) is 28.7. The van der Waals surface area contributed by atoms with Crippen molar-refractivity contribution in [1.29, 1.82) is 0 Å². The fourth-order valence-electron chi connectivity index (χ4n) is 3.46. The molecule has 0 spiro atoms. The summed E-state index contributed by atoms with van der Waals surface area (Å²) in [5, 5.41) is 0. The van der Waals surface area contributed by atoms with Gasteiger partial charge in [0.05, 0.1) is 6.42 Å². The maximum atomic E-state index is 12.6. The van der Waals surface area contributed by atoms with E-state index in [0.717, 1.165) is 30.5 Å². The van der Waals surface area contributed by atoms with E-state index in [4.69, 9.17) is 0 Å². The molecule has 2 amide bonds. The Hall–Kier alpha value is -1.84. The number of piperazine rings is 1. The van der Waals surface area contributed by atoms with E-state index in [9.17, 15) is 9.59 Å². The predicted octanol–water partition coefficient (Wildman–Crippen LogP) is 1.76. The average Bonchev–Trinajstić information content (AvgIpc) is 2.93. The lowest BCUT2D eigenvalue weighted by molar-refractivity contribution is -0.152. The largest absolute Gasteiger partial charge is 0.336 e. The monoisotopic (exact) mass is 286 g/mol. The van der Waals surface area contributed by atoms with Crippen LogP contribution in [0, 0.1) is 6.92 Å². The number of hydrogen-bond donors (Lipinski definition) is 0. The molecule has 0 saturated carbocycles. The van der Waals surface area contributed by atoms with Gasteiger partial charge in [-0.2, -0.15) is 0 Å². The van der Waals surface area contributed by atoms with Gasteiger partial charge in [-0.15, -0.1) is 0 Å². The molecule has 2 atom stereocenters. The third-order valence-corrected chi connectivity index (χ3v) is 4.82. The lowest BCUT2D eigenvalue weighted by Gasteiger charge is -2.41. The van der Waals surface area contributed by atoms with Crippen LogP contribution in [-0.2, 0) is 16.0 Å². The Morgan fingerprint density at radius 2 is 2.10 bits per heavy atom. The number of hydrogen-bond acceptors (Lipinski definition) is 2. The Bertz CT molecular complexity index is 570. The van der Waals surface area contributed by atoms with Crippen molar-refractivity contribution in [3.05, 3.63) is 35.4 Å². The molecule has 21 heavy (non-hydrogen) atoms. The van der Waals surface area contributed by atoms with Crippen molar-refractivity contribution in [2.45, 2.75) is 45.2 Å². The SMILES string of the molecule is Cc1ccccc1CC(=O)N1C[C@H]2CCCN2C(=O)[C@H]1C. The van der Waals surface area contributed by atoms with E-state index in [1.54, 1.807) is 4.90 Å². The molecule has 2 aliphatic heterocycles. The summed E-state index contributed by atoms with van der Waals surface area (Å²) < 4.78 is 0. The van der Waals surface area contributed by atoms with E-state index >= 15 is 0 Å². The summed E-state index contributed by atoms with van der Waals surface area (Å²) in [6.07, 6.45) is 2.46. The molecule has 2 heterocycles. The molecule has 3 rings (SSSR count). The van der Waals surface area contributed by atoms with E-state index in [0.29, 0.717) is 13.0 Å². The molecule has 1 aromatic carbocycles. The number of rotatable bonds is 2. The highest BCUT2D eigenvalue weighted by Crippen LogP contribution is 2.26. The molecule has 2 saturated heterocycles. The molecule has 0 bridgehead atoms. The lowest BCUT2D eigenvalue weighted by atomic mass is 10.0. The van der Waals surface area contributed by atoms with Crippen LogP contribution in [0.4, 0.5) is 0 Å². The minimum atomic E-state index is -0.323. The third-order valence-electron chi connectivity index (χ3n) is 4.82. The lowest BCUT2D eigenvalue weighted by Crippen LogP contribution is -2.60. The summed E-state index contributed by atoms with van der Waals surface area (Å²) in [6, 6.07) is 7.86. The number of fused-ring (bicyclic) bond motifs is 1. The number of benzene rings is 1. The van der Waals surface area contributed by atoms with Gasteiger partial charge in [-0.05, 0) is 37.8 Å². The Balaban J connectivity index is 1.75. The van der Waals surface area contributed by atoms with E-state index in [-0.39, 0.29) is 23.9 Å². The van der Waals surface area contributed by atoms with Crippen LogP contribution in [-0.4, -0.2) is 46.8 Å². The van der Waals surface area contributed by atoms with Crippen molar-refractivity contribution in [2.24, 2.45) is 0 Å². The first-order valence-electron chi connectivity index (χ1n) is 7.72. The summed E-state index contributed by atoms with van der Waals surface area (Å²) in [7, 11) is 0. The number of aryl methyl sites for hydroxylation is 1. The molecule has 2 fully saturated rings. The molecule has 0 N–H and O–H groups in total. The van der Waals surface area contributed by atoms with E-state index in [2.05, 4.69) is 0 Å². The second-order valence-electron chi connectivity index (χ2n) is 6.15. The van der Waals surface area contributed by atoms with Crippen LogP contribution in [0.5, 0.6) is 0 Å². The predicted molar refractivity (Wildman–Crippen MR) is 80.8 cm³/mol. The Morgan fingerprint density at radius 1 is 1.33 bits per heavy atom. The van der Waals surface area contributed by atoms with Crippen molar-refractivity contribution >= 4 is 11.8 Å². The van der Waals surface area contributed by atoms with Gasteiger partial charge in [-0.3, -0.25) is 9.59 Å². The van der Waals surface area contributed by atoms with Crippen LogP contribution in [0.25, 0.3) is 0 Å². The summed E-state index contributed by atoms with van der Waals surface area (Å²) in [5.41, 5.74) is 2.18. The van der Waals surface area contributed by atoms with Crippen molar-refractivity contribution in [3.63, 3.8) is 0 Å². The molecule has 1 aromatic rings. The zero-order valence-corrected chi connectivity index (χ0v) is 12.7. The van der Waals surface area contributed by atoms with Crippen LogP contribution in [0.15, 0.2) is 24.3 Å². The zero-order valence-electron chi connectivity index (χ0n) is 12.7. The summed E-state index contributed by atoms with van der Waals surface area (Å²) in [5.74, 6) is 0.179. The minimum absolute atomic E-state index is 0.0664. The van der Waals surface area contributed by atoms with Gasteiger partial charge in [0.1, 0.15) is 6.04 Å². The fraction of sp³-hybridized carbons (Fsp3) is 0.529. The van der Waals surface area contributed by atoms with Crippen LogP contribution in [0.1, 0.15) is 30.9 Å². The highest BCUT2D eigenvalue weighted by Gasteiger charge is 2.41. The van der Waals surface area contributed by atoms with Crippen molar-refractivity contribution in [2.75, 3.05) is 13.1 Å². The zero-order chi connectivity index (χ0) is 15.0. The van der Waals surface area contributed by atoms with Gasteiger partial charge in [-0.25, -0.2) is 0 Å². The second kappa shape index (κ2) is 5.51. The Morgan fingerprint density at radius 3 is 2.86 bits per heavy atom. The molecule has 4 nitrogen and oxygen atoms in total. The number of amides is 2. The smallest absolute Gasteiger partial charge is 0.245 e. The van der Waals surface area contributed by atoms with Crippen LogP contribution < -0.4 is 0 Å². The molecular formula is C17H22N2O2. The minimum Gasteiger partial charge on any atom is -0.336 e. The molecule has 0 aliphatic carbocycles. The van der Waals surface area contributed by atoms with Gasteiger partial charge in [0.15, 0.2) is 0 Å². The van der Waals surface area contributed by atoms with Crippen LogP contribution in [0.2, 0.25) is 0 Å². The number of carbonyl (C=O) groups excluding carboxylic acids is 2. The molecule has 0 unspecified atom stereocenters. The van der Waals surface area contributed by atoms with Crippen molar-refractivity contribution in [1.82, 2.24) is 9.80 Å². The Kier molecular flexibility index (Phi) is 3.70. The topological polar surface area (TPSA) is 40.6 Å². The summed E-state index contributed by atoms with van der Waals surface area (Å²) in [6.45, 7) is 5.42. The van der Waals surface area contributed by atoms with E-state index < -0.39 is 0 Å². The highest BCUT2D eigenvalue weighted by atomic mass is 16.2. The molecule has 112 valence electrons. The van der Waals surface area contributed by atoms with E-state index in [1.165, 1.54) is 0 Å². The summed E-state index contributed by atoms with van der Waals surface area (Å²) >= 11 is 0. The normalized spacial score (nSPS) is 25.1. The maximum absolute atomic E-state index is 12.6. The van der Waals surface area contributed by atoms with E-state index in [1.807, 2.05) is 43.0 Å². The van der Waals surface area contributed by atoms with Gasteiger partial charge in [-0.1, -0.05) is 24.3 Å². The molecule has 4 heteroatoms. The number of nitrogens with zero attached hydrogens (tertiary/aromatic N) is 2. The first-order valence-corrected chi connectivity index (χ1v) is 7.72. The van der Waals surface area contributed by atoms with Gasteiger partial charge in [0.2, 0.25) is 11.8 Å². The number of carbonyl (C=O) groups is 2. The van der Waals surface area contributed by atoms with Crippen molar-refractivity contribution in [3.8, 4) is 0 Å². The molecule has 0 radical (unpaired) electrons. The first-order chi connectivity index (χ1) is 10.1. The van der Waals surface area contributed by atoms with Gasteiger partial charge >= 0.3 is 0 Å². The first kappa shape index (κ1) is 14.1. The van der Waals surface area contributed by atoms with Crippen LogP contribution >= 0.6 is 0 Å². The standard InChI is InChI=1S/C17H22N2O2/c1-12-6-3-4-7-14(12)10-16(20)19-11-15-8-5-9-18(15)17(21)13(19)2/h3-4,6-7,13,15H,5,8-11H2,1-2H3/t13-,15-/m1/s1. The quantitative estimate of drug-likeness (QED) is 0.831. The Labute approximate surface area is 125 Å². The van der Waals surface area contributed by atoms with Crippen molar-refractivity contribution < 1.29 is 9.59 Å². The maximum Gasteiger partial charge on any atom is 0.245 e. The molecule has 0 aromatic heterocycles. The van der Waals surface area contributed by atoms with Gasteiger partial charge < -0.3 is 9.80 Å². The van der Waals surface area contributed by atoms with Gasteiger partial charge in [0.25, 0.3) is 0 Å². The third kappa shape index (κ3) is 2.55. The molecular weight excluding hydrogens is 264 g/mol.